The average Bonchev–Trinajstić information content (AvgIpc) is 3.56. The van der Waals surface area contributed by atoms with Gasteiger partial charge in [0.25, 0.3) is 0 Å². The second kappa shape index (κ2) is 83.7. The normalized spacial score (nSPS) is 12.2. The topological polar surface area (TPSA) is 101 Å². The number of unbranched alkanes of at least 4 members (excludes halogenated alkanes) is 32. The van der Waals surface area contributed by atoms with E-state index in [9.17, 15) is 4.79 Å². The molecule has 0 amide bonds. The van der Waals surface area contributed by atoms with Crippen LogP contribution in [0.1, 0.15) is 409 Å². The van der Waals surface area contributed by atoms with Gasteiger partial charge < -0.3 is 34.5 Å². The van der Waals surface area contributed by atoms with E-state index in [4.69, 9.17) is 24.4 Å². The quantitative estimate of drug-likeness (QED) is 0.0319. The van der Waals surface area contributed by atoms with Gasteiger partial charge >= 0.3 is 0 Å². The van der Waals surface area contributed by atoms with E-state index < -0.39 is 0 Å². The molecule has 4 N–H and O–H groups in total. The lowest BCUT2D eigenvalue weighted by atomic mass is 9.90. The van der Waals surface area contributed by atoms with Crippen molar-refractivity contribution in [2.45, 2.75) is 415 Å². The van der Waals surface area contributed by atoms with Crippen LogP contribution < -0.4 is 5.32 Å². The van der Waals surface area contributed by atoms with Gasteiger partial charge in [0.2, 0.25) is 0 Å². The van der Waals surface area contributed by atoms with Crippen LogP contribution in [-0.4, -0.2) is 73.5 Å². The Bertz CT molecular complexity index is 1170. The first-order chi connectivity index (χ1) is 41.3. The summed E-state index contributed by atoms with van der Waals surface area (Å²) in [5.41, 5.74) is 1.63. The molecule has 2 fully saturated rings. The van der Waals surface area contributed by atoms with Crippen LogP contribution in [0, 0.1) is 5.92 Å². The predicted octanol–water partition coefficient (Wildman–Crippen LogP) is 24.3. The van der Waals surface area contributed by atoms with E-state index in [1.54, 1.807) is 18.8 Å². The average molecular weight is 1190 g/mol. The Labute approximate surface area is 529 Å². The lowest BCUT2D eigenvalue weighted by molar-refractivity contribution is -0.117. The van der Waals surface area contributed by atoms with Crippen molar-refractivity contribution in [3.8, 4) is 0 Å². The van der Waals surface area contributed by atoms with Gasteiger partial charge in [-0.25, -0.2) is 0 Å². The fourth-order valence-electron chi connectivity index (χ4n) is 10.6. The molecule has 0 heterocycles. The number of rotatable bonds is 59. The number of hydrogen-bond acceptors (Lipinski definition) is 6. The molecule has 7 heteroatoms. The van der Waals surface area contributed by atoms with E-state index in [0.29, 0.717) is 18.4 Å². The van der Waals surface area contributed by atoms with Gasteiger partial charge in [-0.3, -0.25) is 0 Å². The molecule has 0 aromatic carbocycles. The van der Waals surface area contributed by atoms with Crippen LogP contribution >= 0.6 is 0 Å². The molecule has 2 saturated carbocycles. The number of ether oxygens (including phenoxy) is 3. The van der Waals surface area contributed by atoms with E-state index in [-0.39, 0.29) is 6.61 Å². The maximum absolute atomic E-state index is 10.6. The maximum atomic E-state index is 10.6. The summed E-state index contributed by atoms with van der Waals surface area (Å²) in [6, 6.07) is 0. The van der Waals surface area contributed by atoms with Crippen LogP contribution in [0.4, 0.5) is 0 Å². The molecule has 0 aliphatic heterocycles. The first-order valence-electron chi connectivity index (χ1n) is 37.8. The molecule has 0 unspecified atom stereocenters. The smallest absolute Gasteiger partial charge is 0.144 e. The van der Waals surface area contributed by atoms with Crippen molar-refractivity contribution < 1.29 is 29.2 Å². The third-order valence-electron chi connectivity index (χ3n) is 16.9. The fourth-order valence-corrected chi connectivity index (χ4v) is 10.6. The molecule has 7 nitrogen and oxygen atoms in total. The number of aliphatic hydroxyl groups excluding tert-OH is 2. The minimum Gasteiger partial charge on any atom is -0.499 e. The van der Waals surface area contributed by atoms with Gasteiger partial charge in [0.15, 0.2) is 0 Å². The Morgan fingerprint density at radius 2 is 0.833 bits per heavy atom. The van der Waals surface area contributed by atoms with Crippen molar-refractivity contribution in [2.24, 2.45) is 5.92 Å². The number of carbonyl (C=O) groups is 1. The van der Waals surface area contributed by atoms with Crippen LogP contribution in [0.2, 0.25) is 0 Å². The summed E-state index contributed by atoms with van der Waals surface area (Å²) in [6.07, 6.45) is 76.0. The second-order valence-corrected chi connectivity index (χ2v) is 25.2. The van der Waals surface area contributed by atoms with Crippen LogP contribution in [-0.2, 0) is 14.3 Å². The Hall–Kier alpha value is -1.41. The lowest BCUT2D eigenvalue weighted by Gasteiger charge is -2.22. The highest BCUT2D eigenvalue weighted by Gasteiger charge is 2.16. The van der Waals surface area contributed by atoms with Crippen LogP contribution in [0.5, 0.6) is 0 Å². The molecular formula is C77H158NO6+. The zero-order chi connectivity index (χ0) is 62.6. The first-order valence-corrected chi connectivity index (χ1v) is 37.8. The molecule has 0 bridgehead atoms. The van der Waals surface area contributed by atoms with E-state index >= 15 is 0 Å². The molecular weight excluding hydrogens is 1030 g/mol. The SMILES string of the molecule is C1CCC1.C=COC(CCCCCCCC)CCCCCCCC.CC(=O)CCCCCCCNCCO.CCCCCC(CCCC)CCCC.CCCCCCCCCOC(CCCCCCC[OH+]CCCCCCC)=C1CCC1.CO. The molecule has 0 saturated heterocycles. The maximum Gasteiger partial charge on any atom is 0.144 e. The zero-order valence-electron chi connectivity index (χ0n) is 59.1. The highest BCUT2D eigenvalue weighted by atomic mass is 16.5. The van der Waals surface area contributed by atoms with Crippen molar-refractivity contribution in [1.29, 1.82) is 0 Å². The second-order valence-electron chi connectivity index (χ2n) is 25.2. The molecule has 84 heavy (non-hydrogen) atoms. The molecule has 2 rings (SSSR count). The van der Waals surface area contributed by atoms with E-state index in [1.165, 1.54) is 346 Å². The van der Waals surface area contributed by atoms with Gasteiger partial charge in [-0.1, -0.05) is 299 Å². The number of aliphatic hydroxyl groups is 4. The third kappa shape index (κ3) is 78.6. The van der Waals surface area contributed by atoms with Crippen molar-refractivity contribution >= 4 is 5.78 Å². The standard InChI is InChI=1S/C28H54O2.C19H38O.C14H30.C11H23NO2.C4H8.CH4O/c1-3-5-7-9-10-15-19-26-30-28(27-21-20-22-27)23-16-12-11-14-18-25-29-24-17-13-8-6-4-2;1-4-7-9-11-13-15-17-19(20-6-3)18-16-14-12-10-8-5-2;1-4-7-10-13-14(11-8-5-2)12-9-6-3;1-11(14)7-5-3-2-4-6-8-12-9-10-13;1-2-4-3-1;1-2/h3-26H2,1-2H3;6,19H,3-5,7-18H2,1-2H3;14H,4-13H2,1-3H3;12-13H,2-10H2,1H3;1-4H2;2H,1H3/p+1. The van der Waals surface area contributed by atoms with Gasteiger partial charge in [-0.15, -0.1) is 0 Å². The van der Waals surface area contributed by atoms with Crippen molar-refractivity contribution in [3.05, 3.63) is 24.2 Å². The number of nitrogens with one attached hydrogen (secondary N) is 1. The molecule has 0 spiro atoms. The Morgan fingerprint density at radius 1 is 0.464 bits per heavy atom. The first kappa shape index (κ1) is 89.0. The monoisotopic (exact) mass is 1190 g/mol. The highest BCUT2D eigenvalue weighted by Crippen LogP contribution is 2.32. The molecule has 0 radical (unpaired) electrons. The number of ketones is 1. The zero-order valence-corrected chi connectivity index (χ0v) is 59.1. The van der Waals surface area contributed by atoms with Crippen LogP contribution in [0.15, 0.2) is 24.2 Å². The van der Waals surface area contributed by atoms with Crippen LogP contribution in [0.3, 0.4) is 0 Å². The number of Topliss-reactive ketones (excluding diaryl/α,β-unsaturated/α-hetero) is 1. The number of hydrogen-bond donors (Lipinski definition) is 3. The Balaban J connectivity index is -0.000000514. The van der Waals surface area contributed by atoms with Gasteiger partial charge in [-0.05, 0) is 108 Å². The summed E-state index contributed by atoms with van der Waals surface area (Å²) < 4.78 is 16.6. The number of carbonyl (C=O) groups excluding carboxylic acids is 1. The summed E-state index contributed by atoms with van der Waals surface area (Å²) in [5, 5.41) is 18.6. The summed E-state index contributed by atoms with van der Waals surface area (Å²) in [7, 11) is 1.00. The van der Waals surface area contributed by atoms with Crippen molar-refractivity contribution in [3.63, 3.8) is 0 Å². The summed E-state index contributed by atoms with van der Waals surface area (Å²) in [5.74, 6) is 2.72. The van der Waals surface area contributed by atoms with Gasteiger partial charge in [-0.2, -0.15) is 0 Å². The Morgan fingerprint density at radius 3 is 1.24 bits per heavy atom. The lowest BCUT2D eigenvalue weighted by Crippen LogP contribution is -2.19. The van der Waals surface area contributed by atoms with Gasteiger partial charge in [0.05, 0.1) is 31.3 Å². The predicted molar refractivity (Wildman–Crippen MR) is 376 cm³/mol. The molecule has 506 valence electrons. The summed E-state index contributed by atoms with van der Waals surface area (Å²) in [6.45, 7) is 26.4. The largest absolute Gasteiger partial charge is 0.499 e. The van der Waals surface area contributed by atoms with E-state index in [2.05, 4.69) is 60.4 Å². The molecule has 2 aliphatic carbocycles. The van der Waals surface area contributed by atoms with Crippen LogP contribution in [0.25, 0.3) is 0 Å². The highest BCUT2D eigenvalue weighted by molar-refractivity contribution is 5.75. The minimum atomic E-state index is 0.221. The van der Waals surface area contributed by atoms with Gasteiger partial charge in [0.1, 0.15) is 19.0 Å². The fraction of sp³-hybridized carbons (Fsp3) is 0.935. The van der Waals surface area contributed by atoms with Crippen molar-refractivity contribution in [1.82, 2.24) is 5.32 Å². The molecule has 0 aromatic heterocycles. The third-order valence-corrected chi connectivity index (χ3v) is 16.9. The van der Waals surface area contributed by atoms with E-state index in [0.717, 1.165) is 52.2 Å². The summed E-state index contributed by atoms with van der Waals surface area (Å²) in [4.78, 5) is 10.6. The Kier molecular flexibility index (Phi) is 88.6. The van der Waals surface area contributed by atoms with Gasteiger partial charge in [0, 0.05) is 39.3 Å². The van der Waals surface area contributed by atoms with E-state index in [1.807, 2.05) is 0 Å². The minimum absolute atomic E-state index is 0.221. The van der Waals surface area contributed by atoms with Crippen molar-refractivity contribution in [2.75, 3.05) is 46.6 Å². The summed E-state index contributed by atoms with van der Waals surface area (Å²) >= 11 is 0. The number of allylic oxidation sites excluding steroid dienone is 2. The molecule has 0 atom stereocenters. The molecule has 0 aromatic rings. The molecule has 2 aliphatic rings.